The highest BCUT2D eigenvalue weighted by Gasteiger charge is 2.40. The summed E-state index contributed by atoms with van der Waals surface area (Å²) in [5.41, 5.74) is 2.51. The van der Waals surface area contributed by atoms with Crippen LogP contribution in [-0.2, 0) is 32.6 Å². The maximum Gasteiger partial charge on any atom is 0.326 e. The van der Waals surface area contributed by atoms with Gasteiger partial charge in [-0.25, -0.2) is 18.2 Å². The molecule has 2 heterocycles. The number of aliphatic carboxylic acids is 1. The molecule has 0 saturated carbocycles. The van der Waals surface area contributed by atoms with Crippen molar-refractivity contribution in [3.8, 4) is 0 Å². The number of rotatable bonds is 12. The maximum atomic E-state index is 13.2. The van der Waals surface area contributed by atoms with Crippen LogP contribution in [0.15, 0.2) is 108 Å². The Morgan fingerprint density at radius 1 is 0.911 bits per heavy atom. The number of pyridine rings is 1. The molecular formula is C33H33N5O6S. The van der Waals surface area contributed by atoms with Gasteiger partial charge in [0.25, 0.3) is 5.91 Å². The van der Waals surface area contributed by atoms with Crippen LogP contribution in [0.5, 0.6) is 0 Å². The zero-order valence-electron chi connectivity index (χ0n) is 24.3. The molecule has 11 nitrogen and oxygen atoms in total. The van der Waals surface area contributed by atoms with Gasteiger partial charge in [-0.05, 0) is 72.5 Å². The number of benzene rings is 3. The summed E-state index contributed by atoms with van der Waals surface area (Å²) in [7, 11) is -3.91. The quantitative estimate of drug-likeness (QED) is 0.184. The van der Waals surface area contributed by atoms with Gasteiger partial charge < -0.3 is 21.1 Å². The number of sulfonamides is 1. The molecule has 4 N–H and O–H groups in total. The lowest BCUT2D eigenvalue weighted by atomic mass is 10.0. The van der Waals surface area contributed by atoms with Crippen LogP contribution in [0.1, 0.15) is 34.3 Å². The number of carbonyl (C=O) groups is 3. The second-order valence-corrected chi connectivity index (χ2v) is 12.5. The van der Waals surface area contributed by atoms with E-state index in [1.807, 2.05) is 24.3 Å². The summed E-state index contributed by atoms with van der Waals surface area (Å²) >= 11 is 0. The van der Waals surface area contributed by atoms with E-state index in [1.54, 1.807) is 66.9 Å². The van der Waals surface area contributed by atoms with Gasteiger partial charge in [-0.3, -0.25) is 9.59 Å². The van der Waals surface area contributed by atoms with Gasteiger partial charge in [0.2, 0.25) is 15.9 Å². The normalized spacial score (nSPS) is 15.6. The van der Waals surface area contributed by atoms with Gasteiger partial charge in [-0.2, -0.15) is 4.31 Å². The summed E-state index contributed by atoms with van der Waals surface area (Å²) < 4.78 is 27.4. The third-order valence-electron chi connectivity index (χ3n) is 7.45. The van der Waals surface area contributed by atoms with Crippen molar-refractivity contribution in [2.45, 2.75) is 42.8 Å². The molecule has 2 atom stereocenters. The van der Waals surface area contributed by atoms with Crippen LogP contribution in [-0.4, -0.2) is 59.2 Å². The highest BCUT2D eigenvalue weighted by atomic mass is 32.2. The molecule has 0 bridgehead atoms. The molecule has 232 valence electrons. The van der Waals surface area contributed by atoms with Crippen LogP contribution in [0.3, 0.4) is 0 Å². The summed E-state index contributed by atoms with van der Waals surface area (Å²) in [4.78, 5) is 42.4. The molecule has 0 spiro atoms. The van der Waals surface area contributed by atoms with Gasteiger partial charge in [0.05, 0.1) is 4.90 Å². The number of carboxylic acids is 1. The predicted molar refractivity (Wildman–Crippen MR) is 169 cm³/mol. The van der Waals surface area contributed by atoms with Crippen LogP contribution in [0, 0.1) is 0 Å². The predicted octanol–water partition coefficient (Wildman–Crippen LogP) is 3.91. The molecule has 12 heteroatoms. The van der Waals surface area contributed by atoms with Crippen molar-refractivity contribution in [3.63, 3.8) is 0 Å². The minimum atomic E-state index is -3.91. The zero-order chi connectivity index (χ0) is 31.8. The summed E-state index contributed by atoms with van der Waals surface area (Å²) in [6, 6.07) is 25.0. The monoisotopic (exact) mass is 627 g/mol. The van der Waals surface area contributed by atoms with E-state index in [1.165, 1.54) is 12.1 Å². The number of carboxylic acid groups (broad SMARTS) is 1. The average molecular weight is 628 g/mol. The van der Waals surface area contributed by atoms with Gasteiger partial charge in [-0.1, -0.05) is 48.5 Å². The van der Waals surface area contributed by atoms with E-state index in [0.717, 1.165) is 15.7 Å². The smallest absolute Gasteiger partial charge is 0.326 e. The van der Waals surface area contributed by atoms with Crippen molar-refractivity contribution < 1.29 is 27.9 Å². The molecule has 1 saturated heterocycles. The van der Waals surface area contributed by atoms with E-state index in [-0.39, 0.29) is 23.8 Å². The van der Waals surface area contributed by atoms with E-state index in [0.29, 0.717) is 36.2 Å². The van der Waals surface area contributed by atoms with Crippen LogP contribution >= 0.6 is 0 Å². The number of aromatic nitrogens is 1. The fourth-order valence-electron chi connectivity index (χ4n) is 5.13. The van der Waals surface area contributed by atoms with E-state index in [4.69, 9.17) is 0 Å². The van der Waals surface area contributed by atoms with Crippen molar-refractivity contribution >= 4 is 39.3 Å². The van der Waals surface area contributed by atoms with Gasteiger partial charge in [0, 0.05) is 37.0 Å². The molecule has 1 aromatic heterocycles. The highest BCUT2D eigenvalue weighted by Crippen LogP contribution is 2.26. The molecule has 0 unspecified atom stereocenters. The first-order chi connectivity index (χ1) is 21.7. The zero-order valence-corrected chi connectivity index (χ0v) is 25.1. The standard InChI is InChI=1S/C33H33N5O6S/c39-31(25-9-6-8-24(20-25)22-35-30-13-4-5-18-34-30)36-26-16-14-23(15-17-26)21-28(33(41)42)37-32(40)29-12-7-19-38(29)45(43,44)27-10-2-1-3-11-27/h1-6,8-11,13-18,20,28-29H,7,12,19,21-22H2,(H,34,35)(H,36,39)(H,37,40)(H,41,42)/t28-,29-/m0/s1. The SMILES string of the molecule is O=C(Nc1ccc(C[C@H](NC(=O)[C@@H]2CCCN2S(=O)(=O)c2ccccc2)C(=O)O)cc1)c1cccc(CNc2ccccn2)c1. The van der Waals surface area contributed by atoms with Crippen molar-refractivity contribution in [1.82, 2.24) is 14.6 Å². The number of carbonyl (C=O) groups excluding carboxylic acids is 2. The first-order valence-corrected chi connectivity index (χ1v) is 15.9. The Bertz CT molecular complexity index is 1750. The fraction of sp³-hybridized carbons (Fsp3) is 0.212. The summed E-state index contributed by atoms with van der Waals surface area (Å²) in [6.07, 6.45) is 2.45. The number of nitrogens with one attached hydrogen (secondary N) is 3. The second kappa shape index (κ2) is 14.1. The molecule has 1 aliphatic rings. The third kappa shape index (κ3) is 7.91. The molecule has 1 fully saturated rings. The lowest BCUT2D eigenvalue weighted by Gasteiger charge is -2.25. The minimum absolute atomic E-state index is 0.0290. The molecule has 3 aromatic carbocycles. The Morgan fingerprint density at radius 2 is 1.67 bits per heavy atom. The van der Waals surface area contributed by atoms with Crippen molar-refractivity contribution in [1.29, 1.82) is 0 Å². The minimum Gasteiger partial charge on any atom is -0.480 e. The Kier molecular flexibility index (Phi) is 9.86. The molecule has 45 heavy (non-hydrogen) atoms. The number of hydrogen-bond donors (Lipinski definition) is 4. The molecular weight excluding hydrogens is 594 g/mol. The number of anilines is 2. The van der Waals surface area contributed by atoms with Gasteiger partial charge in [-0.15, -0.1) is 0 Å². The van der Waals surface area contributed by atoms with Gasteiger partial charge in [0.1, 0.15) is 17.9 Å². The Hall–Kier alpha value is -5.07. The summed E-state index contributed by atoms with van der Waals surface area (Å²) in [5.74, 6) is -1.47. The maximum absolute atomic E-state index is 13.2. The van der Waals surface area contributed by atoms with E-state index in [9.17, 15) is 27.9 Å². The third-order valence-corrected chi connectivity index (χ3v) is 9.37. The summed E-state index contributed by atoms with van der Waals surface area (Å²) in [5, 5.41) is 18.4. The van der Waals surface area contributed by atoms with E-state index < -0.39 is 34.0 Å². The van der Waals surface area contributed by atoms with E-state index >= 15 is 0 Å². The molecule has 4 aromatic rings. The first kappa shape index (κ1) is 31.4. The van der Waals surface area contributed by atoms with E-state index in [2.05, 4.69) is 20.9 Å². The molecule has 2 amide bonds. The molecule has 0 radical (unpaired) electrons. The van der Waals surface area contributed by atoms with Crippen LogP contribution in [0.2, 0.25) is 0 Å². The van der Waals surface area contributed by atoms with Crippen molar-refractivity contribution in [2.24, 2.45) is 0 Å². The number of nitrogens with zero attached hydrogens (tertiary/aromatic N) is 2. The molecule has 5 rings (SSSR count). The fourth-order valence-corrected chi connectivity index (χ4v) is 6.81. The topological polar surface area (TPSA) is 158 Å². The summed E-state index contributed by atoms with van der Waals surface area (Å²) in [6.45, 7) is 0.669. The lowest BCUT2D eigenvalue weighted by Crippen LogP contribution is -2.51. The molecule has 0 aliphatic carbocycles. The Labute approximate surface area is 261 Å². The highest BCUT2D eigenvalue weighted by molar-refractivity contribution is 7.89. The Balaban J connectivity index is 1.18. The average Bonchev–Trinajstić information content (AvgIpc) is 3.57. The molecule has 1 aliphatic heterocycles. The number of amides is 2. The lowest BCUT2D eigenvalue weighted by molar-refractivity contribution is -0.142. The van der Waals surface area contributed by atoms with Crippen molar-refractivity contribution in [2.75, 3.05) is 17.2 Å². The van der Waals surface area contributed by atoms with Gasteiger partial charge >= 0.3 is 5.97 Å². The van der Waals surface area contributed by atoms with Crippen LogP contribution in [0.25, 0.3) is 0 Å². The largest absolute Gasteiger partial charge is 0.480 e. The van der Waals surface area contributed by atoms with Gasteiger partial charge in [0.15, 0.2) is 0 Å². The first-order valence-electron chi connectivity index (χ1n) is 14.4. The van der Waals surface area contributed by atoms with Crippen molar-refractivity contribution in [3.05, 3.63) is 120 Å². The Morgan fingerprint density at radius 3 is 2.38 bits per heavy atom. The second-order valence-electron chi connectivity index (χ2n) is 10.6. The van der Waals surface area contributed by atoms with Crippen LogP contribution < -0.4 is 16.0 Å². The number of hydrogen-bond acceptors (Lipinski definition) is 7. The van der Waals surface area contributed by atoms with Crippen LogP contribution in [0.4, 0.5) is 11.5 Å².